The third kappa shape index (κ3) is 3.24. The molecule has 15 heavy (non-hydrogen) atoms. The van der Waals surface area contributed by atoms with Gasteiger partial charge in [0.15, 0.2) is 0 Å². The molecule has 0 aromatic heterocycles. The van der Waals surface area contributed by atoms with Crippen LogP contribution >= 0.6 is 0 Å². The Kier molecular flexibility index (Phi) is 3.75. The summed E-state index contributed by atoms with van der Waals surface area (Å²) >= 11 is 0. The van der Waals surface area contributed by atoms with Gasteiger partial charge in [0.05, 0.1) is 6.61 Å². The zero-order chi connectivity index (χ0) is 11.5. The van der Waals surface area contributed by atoms with E-state index >= 15 is 0 Å². The average Bonchev–Trinajstić information content (AvgIpc) is 2.16. The van der Waals surface area contributed by atoms with Gasteiger partial charge in [0.25, 0.3) is 0 Å². The molecule has 2 heteroatoms. The minimum Gasteiger partial charge on any atom is -0.494 e. The molecule has 84 valence electrons. The van der Waals surface area contributed by atoms with Crippen molar-refractivity contribution in [1.29, 1.82) is 0 Å². The molecule has 1 aromatic carbocycles. The van der Waals surface area contributed by atoms with Crippen LogP contribution in [-0.4, -0.2) is 6.61 Å². The van der Waals surface area contributed by atoms with Crippen molar-refractivity contribution < 1.29 is 4.74 Å². The van der Waals surface area contributed by atoms with Crippen LogP contribution in [0, 0.1) is 5.41 Å². The highest BCUT2D eigenvalue weighted by molar-refractivity contribution is 5.31. The largest absolute Gasteiger partial charge is 0.494 e. The molecule has 2 nitrogen and oxygen atoms in total. The van der Waals surface area contributed by atoms with E-state index in [0.717, 1.165) is 11.3 Å². The van der Waals surface area contributed by atoms with Crippen LogP contribution in [-0.2, 0) is 0 Å². The van der Waals surface area contributed by atoms with Crippen molar-refractivity contribution in [3.8, 4) is 5.75 Å². The molecular formula is C13H21NO. The number of benzene rings is 1. The van der Waals surface area contributed by atoms with Crippen molar-refractivity contribution in [3.05, 3.63) is 29.8 Å². The van der Waals surface area contributed by atoms with Crippen LogP contribution in [0.2, 0.25) is 0 Å². The topological polar surface area (TPSA) is 35.2 Å². The molecule has 0 amide bonds. The summed E-state index contributed by atoms with van der Waals surface area (Å²) in [6.07, 6.45) is 0. The summed E-state index contributed by atoms with van der Waals surface area (Å²) in [7, 11) is 0. The van der Waals surface area contributed by atoms with Crippen molar-refractivity contribution in [2.45, 2.75) is 33.7 Å². The Labute approximate surface area is 92.4 Å². The fraction of sp³-hybridized carbons (Fsp3) is 0.538. The van der Waals surface area contributed by atoms with Crippen LogP contribution in [0.4, 0.5) is 0 Å². The second kappa shape index (κ2) is 4.67. The first-order chi connectivity index (χ1) is 6.95. The fourth-order valence-electron chi connectivity index (χ4n) is 1.46. The molecule has 0 saturated carbocycles. The van der Waals surface area contributed by atoms with Gasteiger partial charge in [-0.25, -0.2) is 0 Å². The molecule has 0 heterocycles. The second-order valence-corrected chi connectivity index (χ2v) is 4.85. The summed E-state index contributed by atoms with van der Waals surface area (Å²) in [6, 6.07) is 8.07. The van der Waals surface area contributed by atoms with Crippen molar-refractivity contribution in [1.82, 2.24) is 0 Å². The Morgan fingerprint density at radius 3 is 2.53 bits per heavy atom. The smallest absolute Gasteiger partial charge is 0.119 e. The maximum Gasteiger partial charge on any atom is 0.119 e. The Morgan fingerprint density at radius 1 is 1.33 bits per heavy atom. The lowest BCUT2D eigenvalue weighted by molar-refractivity contribution is 0.321. The minimum atomic E-state index is 0.0397. The Bertz CT molecular complexity index is 315. The van der Waals surface area contributed by atoms with Crippen LogP contribution in [0.1, 0.15) is 39.3 Å². The van der Waals surface area contributed by atoms with Gasteiger partial charge in [-0.15, -0.1) is 0 Å². The van der Waals surface area contributed by atoms with Crippen molar-refractivity contribution in [2.24, 2.45) is 11.1 Å². The van der Waals surface area contributed by atoms with E-state index in [-0.39, 0.29) is 11.5 Å². The lowest BCUT2D eigenvalue weighted by Crippen LogP contribution is -2.26. The molecule has 1 atom stereocenters. The maximum atomic E-state index is 6.18. The van der Waals surface area contributed by atoms with Crippen LogP contribution < -0.4 is 10.5 Å². The van der Waals surface area contributed by atoms with Gasteiger partial charge in [0, 0.05) is 6.04 Å². The van der Waals surface area contributed by atoms with Crippen molar-refractivity contribution >= 4 is 0 Å². The normalized spacial score (nSPS) is 13.7. The van der Waals surface area contributed by atoms with Gasteiger partial charge in [-0.1, -0.05) is 32.9 Å². The first-order valence-electron chi connectivity index (χ1n) is 5.43. The van der Waals surface area contributed by atoms with E-state index in [1.807, 2.05) is 25.1 Å². The van der Waals surface area contributed by atoms with E-state index in [0.29, 0.717) is 6.61 Å². The summed E-state index contributed by atoms with van der Waals surface area (Å²) in [5.74, 6) is 0.898. The molecule has 1 aromatic rings. The summed E-state index contributed by atoms with van der Waals surface area (Å²) in [5.41, 5.74) is 7.39. The van der Waals surface area contributed by atoms with Crippen LogP contribution in [0.5, 0.6) is 5.75 Å². The van der Waals surface area contributed by atoms with Gasteiger partial charge >= 0.3 is 0 Å². The summed E-state index contributed by atoms with van der Waals surface area (Å²) < 4.78 is 5.45. The first-order valence-corrected chi connectivity index (χ1v) is 5.43. The van der Waals surface area contributed by atoms with Crippen molar-refractivity contribution in [2.75, 3.05) is 6.61 Å². The number of hydrogen-bond acceptors (Lipinski definition) is 2. The molecule has 0 unspecified atom stereocenters. The summed E-state index contributed by atoms with van der Waals surface area (Å²) in [4.78, 5) is 0. The van der Waals surface area contributed by atoms with E-state index < -0.39 is 0 Å². The van der Waals surface area contributed by atoms with Gasteiger partial charge in [0.1, 0.15) is 5.75 Å². The number of ether oxygens (including phenoxy) is 1. The maximum absolute atomic E-state index is 6.18. The molecule has 0 aliphatic heterocycles. The molecular weight excluding hydrogens is 186 g/mol. The molecule has 1 rings (SSSR count). The average molecular weight is 207 g/mol. The molecule has 0 saturated heterocycles. The van der Waals surface area contributed by atoms with Crippen molar-refractivity contribution in [3.63, 3.8) is 0 Å². The predicted octanol–water partition coefficient (Wildman–Crippen LogP) is 3.13. The molecule has 0 aliphatic carbocycles. The Morgan fingerprint density at radius 2 is 2.00 bits per heavy atom. The van der Waals surface area contributed by atoms with Gasteiger partial charge < -0.3 is 10.5 Å². The number of nitrogens with two attached hydrogens (primary N) is 1. The SMILES string of the molecule is CCOc1cccc([C@H](N)C(C)(C)C)c1. The van der Waals surface area contributed by atoms with E-state index in [1.54, 1.807) is 0 Å². The third-order valence-electron chi connectivity index (χ3n) is 2.46. The highest BCUT2D eigenvalue weighted by Crippen LogP contribution is 2.31. The van der Waals surface area contributed by atoms with Gasteiger partial charge in [-0.3, -0.25) is 0 Å². The molecule has 0 fully saturated rings. The van der Waals surface area contributed by atoms with Crippen LogP contribution in [0.3, 0.4) is 0 Å². The molecule has 0 radical (unpaired) electrons. The number of hydrogen-bond donors (Lipinski definition) is 1. The van der Waals surface area contributed by atoms with E-state index in [2.05, 4.69) is 26.8 Å². The first kappa shape index (κ1) is 12.1. The summed E-state index contributed by atoms with van der Waals surface area (Å²) in [5, 5.41) is 0. The van der Waals surface area contributed by atoms with E-state index in [4.69, 9.17) is 10.5 Å². The fourth-order valence-corrected chi connectivity index (χ4v) is 1.46. The second-order valence-electron chi connectivity index (χ2n) is 4.85. The zero-order valence-electron chi connectivity index (χ0n) is 10.1. The standard InChI is InChI=1S/C13H21NO/c1-5-15-11-8-6-7-10(9-11)12(14)13(2,3)4/h6-9,12H,5,14H2,1-4H3/t12-/m0/s1. The Balaban J connectivity index is 2.90. The molecule has 2 N–H and O–H groups in total. The molecule has 0 bridgehead atoms. The van der Waals surface area contributed by atoms with Gasteiger partial charge in [0.2, 0.25) is 0 Å². The van der Waals surface area contributed by atoms with E-state index in [9.17, 15) is 0 Å². The third-order valence-corrected chi connectivity index (χ3v) is 2.46. The molecule has 0 spiro atoms. The lowest BCUT2D eigenvalue weighted by Gasteiger charge is -2.27. The highest BCUT2D eigenvalue weighted by Gasteiger charge is 2.22. The predicted molar refractivity (Wildman–Crippen MR) is 64.0 cm³/mol. The Hall–Kier alpha value is -1.02. The van der Waals surface area contributed by atoms with Crippen LogP contribution in [0.25, 0.3) is 0 Å². The quantitative estimate of drug-likeness (QED) is 0.826. The van der Waals surface area contributed by atoms with Gasteiger partial charge in [-0.2, -0.15) is 0 Å². The monoisotopic (exact) mass is 207 g/mol. The number of rotatable bonds is 3. The minimum absolute atomic E-state index is 0.0397. The van der Waals surface area contributed by atoms with Crippen LogP contribution in [0.15, 0.2) is 24.3 Å². The van der Waals surface area contributed by atoms with E-state index in [1.165, 1.54) is 0 Å². The highest BCUT2D eigenvalue weighted by atomic mass is 16.5. The van der Waals surface area contributed by atoms with Gasteiger partial charge in [-0.05, 0) is 30.0 Å². The molecule has 0 aliphatic rings. The lowest BCUT2D eigenvalue weighted by atomic mass is 9.83. The zero-order valence-corrected chi connectivity index (χ0v) is 10.1. The summed E-state index contributed by atoms with van der Waals surface area (Å²) in [6.45, 7) is 9.10.